The quantitative estimate of drug-likeness (QED) is 0.171. The van der Waals surface area contributed by atoms with Crippen LogP contribution in [-0.2, 0) is 39.9 Å². The standard InChI is InChI=1S/C40H67N5O8/c1-13-26(6)35(44(10)39(49)33(24(2)3)42-38(48)34(25(4)5)43(8)9)31(52-11)23-32(46)45-21-17-20-30(45)36(53-12)27(7)37(47)41-29(40(50)51)22-28-18-15-14-16-19-28/h14-16,18-19,24-27,29-31,33-36H,13,17,20-23H2,1-12H3,(H,41,47)(H,42,48)(H,50,51)/t26-,27+,29-,30-,31+,33-,34-,35-,36+/m0/s1/i2D3,3D3,24D,33D. The van der Waals surface area contributed by atoms with Gasteiger partial charge in [-0.2, -0.15) is 0 Å². The van der Waals surface area contributed by atoms with Crippen LogP contribution in [0.25, 0.3) is 0 Å². The molecule has 1 aliphatic heterocycles. The number of ether oxygens (including phenoxy) is 2. The van der Waals surface area contributed by atoms with Crippen LogP contribution < -0.4 is 10.6 Å². The second-order valence-electron chi connectivity index (χ2n) is 14.5. The van der Waals surface area contributed by atoms with Gasteiger partial charge in [-0.25, -0.2) is 4.79 Å². The summed E-state index contributed by atoms with van der Waals surface area (Å²) in [5, 5.41) is 14.6. The van der Waals surface area contributed by atoms with Crippen LogP contribution in [0.5, 0.6) is 0 Å². The fourth-order valence-electron chi connectivity index (χ4n) is 7.38. The van der Waals surface area contributed by atoms with Gasteiger partial charge in [0.05, 0.1) is 44.0 Å². The monoisotopic (exact) mass is 754 g/mol. The lowest BCUT2D eigenvalue weighted by molar-refractivity contribution is -0.148. The summed E-state index contributed by atoms with van der Waals surface area (Å²) >= 11 is 0. The van der Waals surface area contributed by atoms with Gasteiger partial charge in [-0.15, -0.1) is 0 Å². The fraction of sp³-hybridized carbons (Fsp3) is 0.725. The molecule has 0 saturated carbocycles. The Morgan fingerprint density at radius 2 is 1.64 bits per heavy atom. The maximum absolute atomic E-state index is 14.8. The van der Waals surface area contributed by atoms with Gasteiger partial charge >= 0.3 is 5.97 Å². The van der Waals surface area contributed by atoms with Gasteiger partial charge in [-0.05, 0) is 50.2 Å². The molecular weight excluding hydrogens is 678 g/mol. The highest BCUT2D eigenvalue weighted by Crippen LogP contribution is 2.30. The van der Waals surface area contributed by atoms with E-state index in [-0.39, 0.29) is 19.4 Å². The van der Waals surface area contributed by atoms with Gasteiger partial charge in [0.25, 0.3) is 0 Å². The van der Waals surface area contributed by atoms with Crippen molar-refractivity contribution in [3.8, 4) is 0 Å². The minimum atomic E-state index is -3.88. The average Bonchev–Trinajstić information content (AvgIpc) is 3.65. The Hall–Kier alpha value is -3.55. The number of hydrogen-bond acceptors (Lipinski definition) is 8. The molecule has 0 bridgehead atoms. The Balaban J connectivity index is 2.54. The number of nitrogens with one attached hydrogen (secondary N) is 2. The molecule has 0 unspecified atom stereocenters. The van der Waals surface area contributed by atoms with Gasteiger partial charge in [-0.1, -0.05) is 85.1 Å². The lowest BCUT2D eigenvalue weighted by Gasteiger charge is -2.41. The first-order valence-electron chi connectivity index (χ1n) is 22.3. The number of hydrogen-bond donors (Lipinski definition) is 3. The predicted molar refractivity (Wildman–Crippen MR) is 205 cm³/mol. The number of carbonyl (C=O) groups is 5. The zero-order valence-electron chi connectivity index (χ0n) is 41.0. The third-order valence-corrected chi connectivity index (χ3v) is 10.3. The number of likely N-dealkylation sites (tertiary alicyclic amines) is 1. The highest BCUT2D eigenvalue weighted by molar-refractivity contribution is 5.90. The van der Waals surface area contributed by atoms with Crippen LogP contribution in [0.4, 0.5) is 0 Å². The van der Waals surface area contributed by atoms with Gasteiger partial charge < -0.3 is 35.0 Å². The molecule has 4 amide bonds. The number of amides is 4. The van der Waals surface area contributed by atoms with Gasteiger partial charge in [0.2, 0.25) is 23.6 Å². The zero-order valence-corrected chi connectivity index (χ0v) is 33.0. The SMILES string of the molecule is [2H]C([2H])([2H])C([2H])(C([2H])([2H])[2H])[C@]([2H])(NC(=O)[C@H](C(C)C)N(C)C)C(=O)N(C)[C@@H]([C@@H](C)CC)[C@@H](CC(=O)N1CCC[C@H]1[C@H](OC)[C@@H](C)C(=O)N[C@@H](Cc1ccccc1)C(=O)O)OC. The number of nitrogens with zero attached hydrogens (tertiary/aromatic N) is 3. The summed E-state index contributed by atoms with van der Waals surface area (Å²) in [5.41, 5.74) is 0.713. The molecule has 1 aromatic rings. The van der Waals surface area contributed by atoms with E-state index in [4.69, 9.17) is 19.1 Å². The van der Waals surface area contributed by atoms with Crippen LogP contribution in [-0.4, -0.2) is 134 Å². The van der Waals surface area contributed by atoms with Crippen molar-refractivity contribution in [3.05, 3.63) is 35.9 Å². The van der Waals surface area contributed by atoms with E-state index in [1.54, 1.807) is 83.9 Å². The smallest absolute Gasteiger partial charge is 0.326 e. The Morgan fingerprint density at radius 3 is 2.15 bits per heavy atom. The molecule has 0 radical (unpaired) electrons. The molecule has 0 aromatic heterocycles. The van der Waals surface area contributed by atoms with Crippen molar-refractivity contribution in [1.29, 1.82) is 0 Å². The lowest BCUT2D eigenvalue weighted by Crippen LogP contribution is -2.59. The van der Waals surface area contributed by atoms with Crippen LogP contribution in [0.2, 0.25) is 0 Å². The molecule has 53 heavy (non-hydrogen) atoms. The van der Waals surface area contributed by atoms with Gasteiger partial charge in [0, 0.05) is 43.8 Å². The highest BCUT2D eigenvalue weighted by Gasteiger charge is 2.43. The van der Waals surface area contributed by atoms with E-state index in [0.29, 0.717) is 24.8 Å². The van der Waals surface area contributed by atoms with E-state index in [1.165, 1.54) is 26.2 Å². The minimum Gasteiger partial charge on any atom is -0.480 e. The summed E-state index contributed by atoms with van der Waals surface area (Å²) < 4.78 is 79.4. The number of aliphatic carboxylic acids is 1. The number of carboxylic acids is 1. The first-order valence-corrected chi connectivity index (χ1v) is 18.3. The summed E-state index contributed by atoms with van der Waals surface area (Å²) in [4.78, 5) is 72.6. The van der Waals surface area contributed by atoms with Crippen molar-refractivity contribution < 1.29 is 49.5 Å². The third-order valence-electron chi connectivity index (χ3n) is 10.3. The molecule has 3 N–H and O–H groups in total. The van der Waals surface area contributed by atoms with Crippen molar-refractivity contribution in [3.63, 3.8) is 0 Å². The Labute approximate surface area is 328 Å². The summed E-state index contributed by atoms with van der Waals surface area (Å²) in [6.07, 6.45) is -0.970. The third kappa shape index (κ3) is 12.2. The number of benzene rings is 1. The first-order chi connectivity index (χ1) is 28.1. The minimum absolute atomic E-state index is 0.0461. The largest absolute Gasteiger partial charge is 0.480 e. The van der Waals surface area contributed by atoms with Gasteiger partial charge in [0.1, 0.15) is 12.1 Å². The molecule has 9 atom stereocenters. The normalized spacial score (nSPS) is 22.7. The number of likely N-dealkylation sites (N-methyl/N-ethyl adjacent to an activating group) is 2. The summed E-state index contributed by atoms with van der Waals surface area (Å²) in [7, 11) is 6.97. The van der Waals surface area contributed by atoms with E-state index in [0.717, 1.165) is 4.90 Å². The van der Waals surface area contributed by atoms with Crippen molar-refractivity contribution in [2.75, 3.05) is 41.9 Å². The second kappa shape index (κ2) is 21.4. The van der Waals surface area contributed by atoms with Crippen LogP contribution in [0.15, 0.2) is 30.3 Å². The van der Waals surface area contributed by atoms with Gasteiger partial charge in [-0.3, -0.25) is 24.1 Å². The fourth-order valence-corrected chi connectivity index (χ4v) is 7.38. The molecule has 13 heteroatoms. The van der Waals surface area contributed by atoms with Crippen molar-refractivity contribution in [2.24, 2.45) is 23.6 Å². The van der Waals surface area contributed by atoms with E-state index in [2.05, 4.69) is 10.6 Å². The zero-order chi connectivity index (χ0) is 47.0. The van der Waals surface area contributed by atoms with E-state index >= 15 is 0 Å². The highest BCUT2D eigenvalue weighted by atomic mass is 16.5. The molecule has 1 aromatic carbocycles. The molecule has 0 spiro atoms. The first kappa shape index (κ1) is 34.0. The van der Waals surface area contributed by atoms with Crippen molar-refractivity contribution in [1.82, 2.24) is 25.3 Å². The molecule has 1 aliphatic rings. The number of carbonyl (C=O) groups excluding carboxylic acids is 4. The molecule has 13 nitrogen and oxygen atoms in total. The molecule has 300 valence electrons. The Morgan fingerprint density at radius 1 is 1.00 bits per heavy atom. The molecule has 2 rings (SSSR count). The molecule has 1 fully saturated rings. The maximum Gasteiger partial charge on any atom is 0.326 e. The second-order valence-corrected chi connectivity index (χ2v) is 14.5. The molecule has 0 aliphatic carbocycles. The average molecular weight is 754 g/mol. The van der Waals surface area contributed by atoms with Crippen LogP contribution in [0.1, 0.15) is 90.5 Å². The molecular formula is C40H67N5O8. The summed E-state index contributed by atoms with van der Waals surface area (Å²) in [6, 6.07) is 1.19. The van der Waals surface area contributed by atoms with Crippen molar-refractivity contribution in [2.45, 2.75) is 123 Å². The van der Waals surface area contributed by atoms with Crippen LogP contribution in [0.3, 0.4) is 0 Å². The number of carboxylic acid groups (broad SMARTS) is 1. The van der Waals surface area contributed by atoms with E-state index in [9.17, 15) is 30.4 Å². The van der Waals surface area contributed by atoms with Crippen molar-refractivity contribution >= 4 is 29.6 Å². The summed E-state index contributed by atoms with van der Waals surface area (Å²) in [5.74, 6) is -10.6. The Bertz CT molecular complexity index is 1630. The topological polar surface area (TPSA) is 158 Å². The van der Waals surface area contributed by atoms with E-state index < -0.39 is 109 Å². The number of rotatable bonds is 21. The molecule has 1 saturated heterocycles. The maximum atomic E-state index is 14.8. The van der Waals surface area contributed by atoms with Crippen LogP contribution >= 0.6 is 0 Å². The van der Waals surface area contributed by atoms with Crippen LogP contribution in [0, 0.1) is 23.6 Å². The lowest BCUT2D eigenvalue weighted by atomic mass is 9.89. The predicted octanol–water partition coefficient (Wildman–Crippen LogP) is 3.45. The summed E-state index contributed by atoms with van der Waals surface area (Å²) in [6.45, 7) is 1.09. The number of methoxy groups -OCH3 is 2. The van der Waals surface area contributed by atoms with Gasteiger partial charge in [0.15, 0.2) is 0 Å². The van der Waals surface area contributed by atoms with E-state index in [1.807, 2.05) is 0 Å². The Kier molecular flexibility index (Phi) is 13.7. The molecule has 1 heterocycles.